The number of aliphatic carboxylic acids is 1. The van der Waals surface area contributed by atoms with E-state index in [-0.39, 0.29) is 29.2 Å². The number of hydrogen-bond donors (Lipinski definition) is 2. The normalized spacial score (nSPS) is 24.8. The summed E-state index contributed by atoms with van der Waals surface area (Å²) in [5.74, 6) is -0.864. The number of rotatable bonds is 5. The zero-order valence-electron chi connectivity index (χ0n) is 12.8. The molecule has 1 saturated heterocycles. The van der Waals surface area contributed by atoms with Crippen LogP contribution < -0.4 is 5.73 Å². The summed E-state index contributed by atoms with van der Waals surface area (Å²) in [4.78, 5) is 25.6. The molecule has 6 heteroatoms. The number of carbonyl (C=O) groups is 2. The highest BCUT2D eigenvalue weighted by molar-refractivity contribution is 8.00. The number of amides is 1. The topological polar surface area (TPSA) is 83.6 Å². The zero-order valence-corrected chi connectivity index (χ0v) is 13.6. The number of carboxylic acid groups (broad SMARTS) is 1. The van der Waals surface area contributed by atoms with Crippen LogP contribution in [0.2, 0.25) is 0 Å². The van der Waals surface area contributed by atoms with Crippen LogP contribution in [0.15, 0.2) is 0 Å². The number of carboxylic acids is 1. The summed E-state index contributed by atoms with van der Waals surface area (Å²) in [6.45, 7) is 8.43. The van der Waals surface area contributed by atoms with Gasteiger partial charge in [0.2, 0.25) is 5.91 Å². The second-order valence-electron chi connectivity index (χ2n) is 6.49. The number of thioether (sulfide) groups is 1. The first-order chi connectivity index (χ1) is 9.21. The monoisotopic (exact) mass is 302 g/mol. The van der Waals surface area contributed by atoms with Crippen LogP contribution in [-0.4, -0.2) is 45.6 Å². The van der Waals surface area contributed by atoms with E-state index in [0.717, 1.165) is 6.42 Å². The Hall–Kier alpha value is -0.750. The lowest BCUT2D eigenvalue weighted by Crippen LogP contribution is -2.49. The maximum absolute atomic E-state index is 12.7. The summed E-state index contributed by atoms with van der Waals surface area (Å²) in [7, 11) is 0. The Kier molecular flexibility index (Phi) is 5.89. The fourth-order valence-electron chi connectivity index (χ4n) is 2.59. The van der Waals surface area contributed by atoms with E-state index in [1.807, 2.05) is 6.92 Å². The molecule has 0 saturated carbocycles. The molecule has 116 valence electrons. The first kappa shape index (κ1) is 17.3. The first-order valence-electron chi connectivity index (χ1n) is 7.08. The van der Waals surface area contributed by atoms with E-state index in [9.17, 15) is 14.7 Å². The molecule has 0 radical (unpaired) electrons. The van der Waals surface area contributed by atoms with E-state index in [4.69, 9.17) is 5.73 Å². The molecule has 5 nitrogen and oxygen atoms in total. The van der Waals surface area contributed by atoms with Crippen molar-refractivity contribution in [3.8, 4) is 0 Å². The van der Waals surface area contributed by atoms with E-state index in [2.05, 4.69) is 20.8 Å². The highest BCUT2D eigenvalue weighted by Crippen LogP contribution is 2.34. The minimum absolute atomic E-state index is 0.00695. The van der Waals surface area contributed by atoms with Crippen molar-refractivity contribution in [1.82, 2.24) is 4.90 Å². The summed E-state index contributed by atoms with van der Waals surface area (Å²) in [6, 6.07) is -0.716. The lowest BCUT2D eigenvalue weighted by Gasteiger charge is -2.32. The number of nitrogens with zero attached hydrogens (tertiary/aromatic N) is 1. The van der Waals surface area contributed by atoms with Crippen LogP contribution in [0.25, 0.3) is 0 Å². The van der Waals surface area contributed by atoms with E-state index in [1.165, 1.54) is 0 Å². The average Bonchev–Trinajstić information content (AvgIpc) is 2.77. The van der Waals surface area contributed by atoms with Crippen molar-refractivity contribution in [2.75, 3.05) is 12.3 Å². The molecule has 1 aliphatic heterocycles. The Balaban J connectivity index is 2.92. The smallest absolute Gasteiger partial charge is 0.327 e. The van der Waals surface area contributed by atoms with Gasteiger partial charge in [-0.15, -0.1) is 11.8 Å². The van der Waals surface area contributed by atoms with Gasteiger partial charge in [0.25, 0.3) is 0 Å². The van der Waals surface area contributed by atoms with E-state index < -0.39 is 12.0 Å². The molecule has 3 atom stereocenters. The minimum atomic E-state index is -0.923. The Labute approximate surface area is 125 Å². The number of hydrogen-bond acceptors (Lipinski definition) is 4. The summed E-state index contributed by atoms with van der Waals surface area (Å²) < 4.78 is 0. The van der Waals surface area contributed by atoms with Gasteiger partial charge in [0.05, 0.1) is 11.3 Å². The standard InChI is InChI=1S/C14H26N2O3S/c1-5-11-16(10(8-20-11)13(18)19)12(17)9(7-15)6-14(2,3)4/h9-11H,5-8,15H2,1-4H3,(H,18,19). The third-order valence-corrected chi connectivity index (χ3v) is 4.93. The molecule has 0 spiro atoms. The highest BCUT2D eigenvalue weighted by Gasteiger charge is 2.43. The van der Waals surface area contributed by atoms with Crippen molar-refractivity contribution in [3.05, 3.63) is 0 Å². The zero-order chi connectivity index (χ0) is 15.5. The Morgan fingerprint density at radius 2 is 2.05 bits per heavy atom. The molecule has 0 aromatic heterocycles. The average molecular weight is 302 g/mol. The molecular formula is C14H26N2O3S. The molecule has 3 unspecified atom stereocenters. The summed E-state index contributed by atoms with van der Waals surface area (Å²) >= 11 is 1.54. The maximum atomic E-state index is 12.7. The number of carbonyl (C=O) groups excluding carboxylic acids is 1. The van der Waals surface area contributed by atoms with Crippen molar-refractivity contribution in [2.24, 2.45) is 17.1 Å². The molecule has 3 N–H and O–H groups in total. The van der Waals surface area contributed by atoms with Gasteiger partial charge in [-0.25, -0.2) is 4.79 Å². The molecule has 1 fully saturated rings. The maximum Gasteiger partial charge on any atom is 0.327 e. The summed E-state index contributed by atoms with van der Waals surface area (Å²) in [5.41, 5.74) is 5.75. The molecule has 1 rings (SSSR count). The molecule has 1 amide bonds. The highest BCUT2D eigenvalue weighted by atomic mass is 32.2. The van der Waals surface area contributed by atoms with Crippen LogP contribution in [0.4, 0.5) is 0 Å². The molecule has 0 aromatic rings. The van der Waals surface area contributed by atoms with Gasteiger partial charge in [-0.05, 0) is 18.3 Å². The van der Waals surface area contributed by atoms with E-state index in [1.54, 1.807) is 16.7 Å². The molecule has 0 bridgehead atoms. The van der Waals surface area contributed by atoms with E-state index >= 15 is 0 Å². The van der Waals surface area contributed by atoms with Gasteiger partial charge >= 0.3 is 5.97 Å². The molecule has 0 aliphatic carbocycles. The van der Waals surface area contributed by atoms with Gasteiger partial charge in [-0.2, -0.15) is 0 Å². The van der Waals surface area contributed by atoms with Crippen LogP contribution in [-0.2, 0) is 9.59 Å². The fourth-order valence-corrected chi connectivity index (χ4v) is 3.94. The SMILES string of the molecule is CCC1SCC(C(=O)O)N1C(=O)C(CN)CC(C)(C)C. The van der Waals surface area contributed by atoms with Crippen LogP contribution in [0.5, 0.6) is 0 Å². The van der Waals surface area contributed by atoms with Crippen molar-refractivity contribution in [1.29, 1.82) is 0 Å². The van der Waals surface area contributed by atoms with Gasteiger partial charge in [0.15, 0.2) is 0 Å². The molecule has 20 heavy (non-hydrogen) atoms. The lowest BCUT2D eigenvalue weighted by atomic mass is 9.84. The van der Waals surface area contributed by atoms with Crippen molar-refractivity contribution < 1.29 is 14.7 Å². The lowest BCUT2D eigenvalue weighted by molar-refractivity contribution is -0.151. The Morgan fingerprint density at radius 3 is 2.45 bits per heavy atom. The van der Waals surface area contributed by atoms with Gasteiger partial charge < -0.3 is 15.7 Å². The quantitative estimate of drug-likeness (QED) is 0.808. The van der Waals surface area contributed by atoms with Gasteiger partial charge in [-0.1, -0.05) is 27.7 Å². The van der Waals surface area contributed by atoms with Gasteiger partial charge in [0.1, 0.15) is 6.04 Å². The van der Waals surface area contributed by atoms with Crippen molar-refractivity contribution >= 4 is 23.6 Å². The number of nitrogens with two attached hydrogens (primary N) is 1. The largest absolute Gasteiger partial charge is 0.480 e. The van der Waals surface area contributed by atoms with Gasteiger partial charge in [0, 0.05) is 12.3 Å². The Bertz CT molecular complexity index is 368. The van der Waals surface area contributed by atoms with Crippen LogP contribution >= 0.6 is 11.8 Å². The molecular weight excluding hydrogens is 276 g/mol. The predicted molar refractivity (Wildman–Crippen MR) is 81.4 cm³/mol. The van der Waals surface area contributed by atoms with Crippen molar-refractivity contribution in [3.63, 3.8) is 0 Å². The predicted octanol–water partition coefficient (Wildman–Crippen LogP) is 1.76. The molecule has 0 aromatic carbocycles. The summed E-state index contributed by atoms with van der Waals surface area (Å²) in [5, 5.41) is 9.25. The molecule has 1 heterocycles. The van der Waals surface area contributed by atoms with Crippen LogP contribution in [0.1, 0.15) is 40.5 Å². The van der Waals surface area contributed by atoms with Crippen LogP contribution in [0, 0.1) is 11.3 Å². The second-order valence-corrected chi connectivity index (χ2v) is 7.70. The van der Waals surface area contributed by atoms with Crippen molar-refractivity contribution in [2.45, 2.75) is 52.0 Å². The van der Waals surface area contributed by atoms with E-state index in [0.29, 0.717) is 12.2 Å². The molecule has 1 aliphatic rings. The first-order valence-corrected chi connectivity index (χ1v) is 8.12. The van der Waals surface area contributed by atoms with Gasteiger partial charge in [-0.3, -0.25) is 4.79 Å². The second kappa shape index (κ2) is 6.80. The Morgan fingerprint density at radius 1 is 1.45 bits per heavy atom. The summed E-state index contributed by atoms with van der Waals surface area (Å²) in [6.07, 6.45) is 1.43. The fraction of sp³-hybridized carbons (Fsp3) is 0.857. The third kappa shape index (κ3) is 4.12. The third-order valence-electron chi connectivity index (χ3n) is 3.47. The minimum Gasteiger partial charge on any atom is -0.480 e. The van der Waals surface area contributed by atoms with Crippen LogP contribution in [0.3, 0.4) is 0 Å².